The van der Waals surface area contributed by atoms with Crippen LogP contribution in [0.15, 0.2) is 29.6 Å². The van der Waals surface area contributed by atoms with E-state index in [4.69, 9.17) is 4.98 Å². The highest BCUT2D eigenvalue weighted by Crippen LogP contribution is 2.24. The van der Waals surface area contributed by atoms with Crippen molar-refractivity contribution in [2.45, 2.75) is 25.3 Å². The Labute approximate surface area is 125 Å². The quantitative estimate of drug-likeness (QED) is 0.834. The summed E-state index contributed by atoms with van der Waals surface area (Å²) in [7, 11) is 0. The highest BCUT2D eigenvalue weighted by molar-refractivity contribution is 14.1. The second kappa shape index (κ2) is 5.67. The first kappa shape index (κ1) is 12.6. The van der Waals surface area contributed by atoms with Crippen LogP contribution in [-0.4, -0.2) is 17.6 Å². The largest absolute Gasteiger partial charge is 0.314 e. The van der Waals surface area contributed by atoms with Crippen LogP contribution in [0.3, 0.4) is 0 Å². The molecule has 4 heteroatoms. The Hall–Kier alpha value is -0.460. The second-order valence-corrected chi connectivity index (χ2v) is 6.82. The molecule has 1 aromatic carbocycles. The normalized spacial score (nSPS) is 19.3. The summed E-state index contributed by atoms with van der Waals surface area (Å²) in [6.45, 7) is 1.17. The highest BCUT2D eigenvalue weighted by Gasteiger charge is 2.16. The van der Waals surface area contributed by atoms with Crippen LogP contribution < -0.4 is 5.32 Å². The summed E-state index contributed by atoms with van der Waals surface area (Å²) in [4.78, 5) is 4.75. The molecule has 1 atom stereocenters. The molecule has 0 bridgehead atoms. The molecule has 1 aliphatic heterocycles. The fourth-order valence-corrected chi connectivity index (χ4v) is 3.54. The molecule has 0 aliphatic carbocycles. The lowest BCUT2D eigenvalue weighted by Crippen LogP contribution is -2.23. The molecule has 3 rings (SSSR count). The van der Waals surface area contributed by atoms with E-state index in [9.17, 15) is 0 Å². The summed E-state index contributed by atoms with van der Waals surface area (Å²) >= 11 is 4.11. The molecule has 2 nitrogen and oxygen atoms in total. The smallest absolute Gasteiger partial charge is 0.0948 e. The molecular formula is C14H15IN2S. The first-order valence-electron chi connectivity index (χ1n) is 6.25. The van der Waals surface area contributed by atoms with E-state index in [0.717, 1.165) is 12.1 Å². The number of aromatic nitrogens is 1. The van der Waals surface area contributed by atoms with Gasteiger partial charge in [-0.3, -0.25) is 0 Å². The Kier molecular flexibility index (Phi) is 3.96. The predicted octanol–water partition coefficient (Wildman–Crippen LogP) is 3.71. The van der Waals surface area contributed by atoms with Gasteiger partial charge >= 0.3 is 0 Å². The molecule has 18 heavy (non-hydrogen) atoms. The summed E-state index contributed by atoms with van der Waals surface area (Å²) in [5.74, 6) is 0. The Morgan fingerprint density at radius 3 is 2.89 bits per heavy atom. The molecule has 0 amide bonds. The zero-order chi connectivity index (χ0) is 12.4. The van der Waals surface area contributed by atoms with Crippen molar-refractivity contribution in [1.82, 2.24) is 10.3 Å². The zero-order valence-corrected chi connectivity index (χ0v) is 13.0. The van der Waals surface area contributed by atoms with Crippen molar-refractivity contribution in [3.05, 3.63) is 38.2 Å². The average Bonchev–Trinajstić information content (AvgIpc) is 3.02. The topological polar surface area (TPSA) is 24.9 Å². The molecule has 1 unspecified atom stereocenters. The van der Waals surface area contributed by atoms with Crippen LogP contribution in [0.25, 0.3) is 11.3 Å². The Balaban J connectivity index is 1.74. The molecule has 94 valence electrons. The van der Waals surface area contributed by atoms with Crippen molar-refractivity contribution in [2.24, 2.45) is 0 Å². The van der Waals surface area contributed by atoms with Crippen molar-refractivity contribution in [2.75, 3.05) is 6.54 Å². The summed E-state index contributed by atoms with van der Waals surface area (Å²) in [5, 5.41) is 6.95. The molecule has 1 aromatic heterocycles. The second-order valence-electron chi connectivity index (χ2n) is 4.63. The number of hydrogen-bond acceptors (Lipinski definition) is 3. The first-order valence-corrected chi connectivity index (χ1v) is 8.21. The fraction of sp³-hybridized carbons (Fsp3) is 0.357. The third-order valence-electron chi connectivity index (χ3n) is 3.28. The molecule has 0 spiro atoms. The van der Waals surface area contributed by atoms with Crippen LogP contribution in [-0.2, 0) is 6.42 Å². The Bertz CT molecular complexity index is 515. The minimum atomic E-state index is 0.640. The van der Waals surface area contributed by atoms with E-state index in [2.05, 4.69) is 57.6 Å². The molecule has 1 fully saturated rings. The van der Waals surface area contributed by atoms with E-state index < -0.39 is 0 Å². The van der Waals surface area contributed by atoms with Gasteiger partial charge in [0.1, 0.15) is 0 Å². The molecule has 1 N–H and O–H groups in total. The molecule has 0 saturated carbocycles. The van der Waals surface area contributed by atoms with Gasteiger partial charge in [-0.2, -0.15) is 0 Å². The maximum atomic E-state index is 4.75. The van der Waals surface area contributed by atoms with Gasteiger partial charge in [0.25, 0.3) is 0 Å². The van der Waals surface area contributed by atoms with E-state index in [0.29, 0.717) is 6.04 Å². The fourth-order valence-electron chi connectivity index (χ4n) is 2.30. The van der Waals surface area contributed by atoms with E-state index in [-0.39, 0.29) is 0 Å². The van der Waals surface area contributed by atoms with Crippen LogP contribution in [0.4, 0.5) is 0 Å². The number of thiazole rings is 1. The van der Waals surface area contributed by atoms with Crippen molar-refractivity contribution in [3.8, 4) is 11.3 Å². The predicted molar refractivity (Wildman–Crippen MR) is 85.0 cm³/mol. The standard InChI is InChI=1S/C14H15IN2S/c15-11-5-3-10(4-6-11)13-9-18-14(17-13)8-12-2-1-7-16-12/h3-6,9,12,16H,1-2,7-8H2. The summed E-state index contributed by atoms with van der Waals surface area (Å²) < 4.78 is 1.27. The third kappa shape index (κ3) is 2.92. The van der Waals surface area contributed by atoms with Gasteiger partial charge in [0.05, 0.1) is 10.7 Å². The Morgan fingerprint density at radius 1 is 1.33 bits per heavy atom. The molecule has 0 radical (unpaired) electrons. The summed E-state index contributed by atoms with van der Waals surface area (Å²) in [6, 6.07) is 9.20. The maximum Gasteiger partial charge on any atom is 0.0948 e. The SMILES string of the molecule is Ic1ccc(-c2csc(CC3CCCN3)n2)cc1. The lowest BCUT2D eigenvalue weighted by molar-refractivity contribution is 0.601. The average molecular weight is 370 g/mol. The summed E-state index contributed by atoms with van der Waals surface area (Å²) in [6.07, 6.45) is 3.67. The number of hydrogen-bond donors (Lipinski definition) is 1. The van der Waals surface area contributed by atoms with Gasteiger partial charge < -0.3 is 5.32 Å². The van der Waals surface area contributed by atoms with E-state index >= 15 is 0 Å². The van der Waals surface area contributed by atoms with E-state index in [1.165, 1.54) is 33.5 Å². The molecule has 1 aliphatic rings. The number of halogens is 1. The van der Waals surface area contributed by atoms with Gasteiger partial charge in [-0.05, 0) is 54.1 Å². The van der Waals surface area contributed by atoms with Gasteiger partial charge in [0.15, 0.2) is 0 Å². The molecule has 2 aromatic rings. The lowest BCUT2D eigenvalue weighted by atomic mass is 10.1. The van der Waals surface area contributed by atoms with Crippen molar-refractivity contribution in [1.29, 1.82) is 0 Å². The molecule has 1 saturated heterocycles. The monoisotopic (exact) mass is 370 g/mol. The molecular weight excluding hydrogens is 355 g/mol. The first-order chi connectivity index (χ1) is 8.81. The van der Waals surface area contributed by atoms with Gasteiger partial charge in [-0.15, -0.1) is 11.3 Å². The zero-order valence-electron chi connectivity index (χ0n) is 10.0. The highest BCUT2D eigenvalue weighted by atomic mass is 127. The van der Waals surface area contributed by atoms with Crippen LogP contribution >= 0.6 is 33.9 Å². The van der Waals surface area contributed by atoms with Crippen LogP contribution in [0.2, 0.25) is 0 Å². The van der Waals surface area contributed by atoms with Crippen LogP contribution in [0, 0.1) is 3.57 Å². The van der Waals surface area contributed by atoms with E-state index in [1.54, 1.807) is 11.3 Å². The van der Waals surface area contributed by atoms with Gasteiger partial charge in [0, 0.05) is 27.0 Å². The van der Waals surface area contributed by atoms with Gasteiger partial charge in [-0.1, -0.05) is 12.1 Å². The van der Waals surface area contributed by atoms with Gasteiger partial charge in [0.2, 0.25) is 0 Å². The third-order valence-corrected chi connectivity index (χ3v) is 4.87. The number of nitrogens with one attached hydrogen (secondary N) is 1. The van der Waals surface area contributed by atoms with Gasteiger partial charge in [-0.25, -0.2) is 4.98 Å². The van der Waals surface area contributed by atoms with E-state index in [1.807, 2.05) is 0 Å². The lowest BCUT2D eigenvalue weighted by Gasteiger charge is -2.06. The van der Waals surface area contributed by atoms with Crippen LogP contribution in [0.1, 0.15) is 17.8 Å². The van der Waals surface area contributed by atoms with Crippen molar-refractivity contribution < 1.29 is 0 Å². The minimum Gasteiger partial charge on any atom is -0.314 e. The maximum absolute atomic E-state index is 4.75. The summed E-state index contributed by atoms with van der Waals surface area (Å²) in [5.41, 5.74) is 2.33. The van der Waals surface area contributed by atoms with Crippen molar-refractivity contribution in [3.63, 3.8) is 0 Å². The van der Waals surface area contributed by atoms with Crippen molar-refractivity contribution >= 4 is 33.9 Å². The van der Waals surface area contributed by atoms with Crippen LogP contribution in [0.5, 0.6) is 0 Å². The number of benzene rings is 1. The Morgan fingerprint density at radius 2 is 2.17 bits per heavy atom. The number of rotatable bonds is 3. The molecule has 2 heterocycles. The minimum absolute atomic E-state index is 0.640. The number of nitrogens with zero attached hydrogens (tertiary/aromatic N) is 1.